The Morgan fingerprint density at radius 1 is 1.26 bits per heavy atom. The molecule has 0 radical (unpaired) electrons. The van der Waals surface area contributed by atoms with Crippen LogP contribution >= 0.6 is 11.8 Å². The summed E-state index contributed by atoms with van der Waals surface area (Å²) in [7, 11) is 2.09. The van der Waals surface area contributed by atoms with Crippen molar-refractivity contribution >= 4 is 23.4 Å². The fourth-order valence-corrected chi connectivity index (χ4v) is 2.70. The van der Waals surface area contributed by atoms with E-state index in [1.165, 1.54) is 4.90 Å². The normalized spacial score (nSPS) is 16.4. The first-order valence-corrected chi connectivity index (χ1v) is 7.76. The molecule has 1 aromatic rings. The van der Waals surface area contributed by atoms with Crippen molar-refractivity contribution in [1.82, 2.24) is 9.80 Å². The highest BCUT2D eigenvalue weighted by molar-refractivity contribution is 7.98. The highest BCUT2D eigenvalue weighted by Gasteiger charge is 2.18. The Morgan fingerprint density at radius 2 is 1.95 bits per heavy atom. The number of nitrogens with zero attached hydrogens (tertiary/aromatic N) is 2. The maximum Gasteiger partial charge on any atom is 0.241 e. The van der Waals surface area contributed by atoms with E-state index in [9.17, 15) is 4.79 Å². The monoisotopic (exact) mass is 279 g/mol. The molecule has 104 valence electrons. The summed E-state index contributed by atoms with van der Waals surface area (Å²) in [5.74, 6) is 0.184. The van der Waals surface area contributed by atoms with Crippen LogP contribution < -0.4 is 5.32 Å². The molecule has 19 heavy (non-hydrogen) atoms. The molecule has 0 unspecified atom stereocenters. The molecular weight excluding hydrogens is 258 g/mol. The first-order chi connectivity index (χ1) is 9.20. The molecule has 0 aliphatic carbocycles. The van der Waals surface area contributed by atoms with Gasteiger partial charge in [0.15, 0.2) is 0 Å². The van der Waals surface area contributed by atoms with Gasteiger partial charge < -0.3 is 15.1 Å². The Labute approximate surface area is 119 Å². The zero-order valence-electron chi connectivity index (χ0n) is 11.6. The third-order valence-electron chi connectivity index (χ3n) is 3.39. The molecule has 2 rings (SSSR count). The molecule has 1 aliphatic heterocycles. The fraction of sp³-hybridized carbons (Fsp3) is 0.500. The van der Waals surface area contributed by atoms with Crippen LogP contribution in [0.1, 0.15) is 0 Å². The van der Waals surface area contributed by atoms with Gasteiger partial charge in [0.25, 0.3) is 0 Å². The van der Waals surface area contributed by atoms with E-state index in [0.717, 1.165) is 31.9 Å². The first-order valence-electron chi connectivity index (χ1n) is 6.54. The molecule has 1 fully saturated rings. The van der Waals surface area contributed by atoms with Crippen molar-refractivity contribution < 1.29 is 4.79 Å². The number of thioether (sulfide) groups is 1. The number of anilines is 1. The Morgan fingerprint density at radius 3 is 2.63 bits per heavy atom. The van der Waals surface area contributed by atoms with Gasteiger partial charge in [0.2, 0.25) is 5.91 Å². The minimum Gasteiger partial charge on any atom is -0.375 e. The van der Waals surface area contributed by atoms with Gasteiger partial charge in [-0.1, -0.05) is 12.1 Å². The number of rotatable bonds is 4. The summed E-state index contributed by atoms with van der Waals surface area (Å²) in [4.78, 5) is 17.5. The third kappa shape index (κ3) is 3.88. The van der Waals surface area contributed by atoms with Crippen LogP contribution in [0.25, 0.3) is 0 Å². The molecule has 0 atom stereocenters. The summed E-state index contributed by atoms with van der Waals surface area (Å²) in [6.45, 7) is 3.98. The number of benzene rings is 1. The van der Waals surface area contributed by atoms with Gasteiger partial charge >= 0.3 is 0 Å². The van der Waals surface area contributed by atoms with E-state index in [2.05, 4.69) is 23.3 Å². The maximum absolute atomic E-state index is 12.1. The van der Waals surface area contributed by atoms with E-state index >= 15 is 0 Å². The number of piperazine rings is 1. The Bertz CT molecular complexity index is 430. The molecular formula is C14H21N3OS. The smallest absolute Gasteiger partial charge is 0.241 e. The van der Waals surface area contributed by atoms with E-state index in [1.807, 2.05) is 29.4 Å². The zero-order valence-corrected chi connectivity index (χ0v) is 12.4. The summed E-state index contributed by atoms with van der Waals surface area (Å²) < 4.78 is 0. The predicted molar refractivity (Wildman–Crippen MR) is 80.8 cm³/mol. The van der Waals surface area contributed by atoms with Gasteiger partial charge in [-0.3, -0.25) is 4.79 Å². The summed E-state index contributed by atoms with van der Waals surface area (Å²) in [6.07, 6.45) is 2.04. The number of carbonyl (C=O) groups excluding carboxylic acids is 1. The molecule has 0 aromatic heterocycles. The van der Waals surface area contributed by atoms with Gasteiger partial charge in [0.1, 0.15) is 0 Å². The zero-order chi connectivity index (χ0) is 13.7. The van der Waals surface area contributed by atoms with Gasteiger partial charge in [0, 0.05) is 36.8 Å². The summed E-state index contributed by atoms with van der Waals surface area (Å²) in [5, 5.41) is 3.25. The van der Waals surface area contributed by atoms with Gasteiger partial charge in [-0.05, 0) is 25.4 Å². The highest BCUT2D eigenvalue weighted by Crippen LogP contribution is 2.24. The molecule has 0 saturated carbocycles. The number of likely N-dealkylation sites (N-methyl/N-ethyl adjacent to an activating group) is 1. The molecule has 1 saturated heterocycles. The molecule has 4 nitrogen and oxygen atoms in total. The molecule has 1 aromatic carbocycles. The Hall–Kier alpha value is -1.20. The van der Waals surface area contributed by atoms with Crippen LogP contribution in [0.5, 0.6) is 0 Å². The average molecular weight is 279 g/mol. The number of para-hydroxylation sites is 1. The van der Waals surface area contributed by atoms with Crippen LogP contribution in [-0.2, 0) is 4.79 Å². The highest BCUT2D eigenvalue weighted by atomic mass is 32.2. The lowest BCUT2D eigenvalue weighted by atomic mass is 10.3. The lowest BCUT2D eigenvalue weighted by molar-refractivity contribution is -0.130. The van der Waals surface area contributed by atoms with Gasteiger partial charge in [-0.25, -0.2) is 0 Å². The second kappa shape index (κ2) is 6.82. The maximum atomic E-state index is 12.1. The van der Waals surface area contributed by atoms with Crippen LogP contribution in [0, 0.1) is 0 Å². The molecule has 1 N–H and O–H groups in total. The average Bonchev–Trinajstić information content (AvgIpc) is 2.45. The number of hydrogen-bond donors (Lipinski definition) is 1. The Kier molecular flexibility index (Phi) is 5.10. The van der Waals surface area contributed by atoms with E-state index in [0.29, 0.717) is 6.54 Å². The van der Waals surface area contributed by atoms with E-state index in [4.69, 9.17) is 0 Å². The second-order valence-corrected chi connectivity index (χ2v) is 5.59. The topological polar surface area (TPSA) is 35.6 Å². The van der Waals surface area contributed by atoms with Crippen LogP contribution in [-0.4, -0.2) is 61.7 Å². The minimum absolute atomic E-state index is 0.184. The van der Waals surface area contributed by atoms with Crippen molar-refractivity contribution in [2.24, 2.45) is 0 Å². The van der Waals surface area contributed by atoms with E-state index in [-0.39, 0.29) is 5.91 Å². The molecule has 1 amide bonds. The number of carbonyl (C=O) groups is 1. The number of amides is 1. The molecule has 1 heterocycles. The minimum atomic E-state index is 0.184. The largest absolute Gasteiger partial charge is 0.375 e. The third-order valence-corrected chi connectivity index (χ3v) is 4.19. The van der Waals surface area contributed by atoms with Gasteiger partial charge in [-0.15, -0.1) is 11.8 Å². The van der Waals surface area contributed by atoms with Crippen LogP contribution in [0.4, 0.5) is 5.69 Å². The molecule has 5 heteroatoms. The van der Waals surface area contributed by atoms with Crippen LogP contribution in [0.15, 0.2) is 29.2 Å². The van der Waals surface area contributed by atoms with E-state index in [1.54, 1.807) is 11.8 Å². The molecule has 0 spiro atoms. The van der Waals surface area contributed by atoms with Crippen molar-refractivity contribution in [2.45, 2.75) is 4.90 Å². The second-order valence-electron chi connectivity index (χ2n) is 4.74. The lowest BCUT2D eigenvalue weighted by Crippen LogP contribution is -2.48. The number of nitrogens with one attached hydrogen (secondary N) is 1. The van der Waals surface area contributed by atoms with Crippen molar-refractivity contribution in [3.63, 3.8) is 0 Å². The van der Waals surface area contributed by atoms with Crippen molar-refractivity contribution in [1.29, 1.82) is 0 Å². The lowest BCUT2D eigenvalue weighted by Gasteiger charge is -2.32. The van der Waals surface area contributed by atoms with E-state index < -0.39 is 0 Å². The van der Waals surface area contributed by atoms with Gasteiger partial charge in [0.05, 0.1) is 6.54 Å². The fourth-order valence-electron chi connectivity index (χ4n) is 2.13. The van der Waals surface area contributed by atoms with Crippen LogP contribution in [0.2, 0.25) is 0 Å². The number of hydrogen-bond acceptors (Lipinski definition) is 4. The summed E-state index contributed by atoms with van der Waals surface area (Å²) in [5.41, 5.74) is 1.04. The van der Waals surface area contributed by atoms with Gasteiger partial charge in [-0.2, -0.15) is 0 Å². The summed E-state index contributed by atoms with van der Waals surface area (Å²) >= 11 is 1.69. The predicted octanol–water partition coefficient (Wildman–Crippen LogP) is 1.59. The molecule has 1 aliphatic rings. The standard InChI is InChI=1S/C14H21N3OS/c1-16-7-9-17(10-8-16)14(18)11-15-12-5-3-4-6-13(12)19-2/h3-6,15H,7-11H2,1-2H3. The SMILES string of the molecule is CSc1ccccc1NCC(=O)N1CCN(C)CC1. The van der Waals surface area contributed by atoms with Crippen molar-refractivity contribution in [2.75, 3.05) is 51.3 Å². The Balaban J connectivity index is 1.86. The van der Waals surface area contributed by atoms with Crippen molar-refractivity contribution in [3.05, 3.63) is 24.3 Å². The van der Waals surface area contributed by atoms with Crippen LogP contribution in [0.3, 0.4) is 0 Å². The molecule has 0 bridgehead atoms. The quantitative estimate of drug-likeness (QED) is 0.849. The summed E-state index contributed by atoms with van der Waals surface area (Å²) in [6, 6.07) is 8.08. The first kappa shape index (κ1) is 14.2. The van der Waals surface area contributed by atoms with Crippen molar-refractivity contribution in [3.8, 4) is 0 Å².